The number of benzene rings is 1. The van der Waals surface area contributed by atoms with Gasteiger partial charge in [0, 0.05) is 39.3 Å². The maximum absolute atomic E-state index is 10.3. The Morgan fingerprint density at radius 2 is 1.92 bits per heavy atom. The van der Waals surface area contributed by atoms with Crippen molar-refractivity contribution in [3.8, 4) is 0 Å². The van der Waals surface area contributed by atoms with Crippen LogP contribution in [0.15, 0.2) is 30.3 Å². The fraction of sp³-hybridized carbons (Fsp3) is 0.684. The summed E-state index contributed by atoms with van der Waals surface area (Å²) in [6, 6.07) is 10.4. The van der Waals surface area contributed by atoms with Crippen molar-refractivity contribution in [3.63, 3.8) is 0 Å². The molecule has 1 aromatic rings. The zero-order valence-corrected chi connectivity index (χ0v) is 15.1. The van der Waals surface area contributed by atoms with Crippen LogP contribution < -0.4 is 0 Å². The van der Waals surface area contributed by atoms with Crippen LogP contribution in [0.25, 0.3) is 0 Å². The van der Waals surface area contributed by atoms with E-state index >= 15 is 0 Å². The molecule has 2 rings (SSSR count). The van der Waals surface area contributed by atoms with Crippen molar-refractivity contribution in [1.29, 1.82) is 0 Å². The summed E-state index contributed by atoms with van der Waals surface area (Å²) in [5.41, 5.74) is 1.27. The first-order valence-corrected chi connectivity index (χ1v) is 8.99. The fourth-order valence-corrected chi connectivity index (χ4v) is 2.84. The Bertz CT molecular complexity index is 435. The average molecular weight is 336 g/mol. The third-order valence-corrected chi connectivity index (χ3v) is 4.18. The highest BCUT2D eigenvalue weighted by Crippen LogP contribution is 2.07. The highest BCUT2D eigenvalue weighted by Gasteiger charge is 2.16. The molecule has 1 saturated heterocycles. The normalized spacial score (nSPS) is 17.5. The van der Waals surface area contributed by atoms with Crippen LogP contribution in [-0.2, 0) is 16.0 Å². The molecule has 1 aromatic carbocycles. The minimum Gasteiger partial charge on any atom is -0.389 e. The molecule has 0 aromatic heterocycles. The quantitative estimate of drug-likeness (QED) is 0.703. The smallest absolute Gasteiger partial charge is 0.0900 e. The predicted octanol–water partition coefficient (Wildman–Crippen LogP) is 1.61. The number of hydrogen-bond acceptors (Lipinski definition) is 5. The minimum atomic E-state index is -0.458. The molecule has 1 heterocycles. The summed E-state index contributed by atoms with van der Waals surface area (Å²) in [6.45, 7) is 11.4. The van der Waals surface area contributed by atoms with Gasteiger partial charge in [0.05, 0.1) is 32.0 Å². The average Bonchev–Trinajstić information content (AvgIpc) is 2.60. The van der Waals surface area contributed by atoms with Crippen LogP contribution in [0.2, 0.25) is 0 Å². The Morgan fingerprint density at radius 3 is 2.58 bits per heavy atom. The molecular weight excluding hydrogens is 304 g/mol. The second-order valence-corrected chi connectivity index (χ2v) is 6.71. The Morgan fingerprint density at radius 1 is 1.21 bits per heavy atom. The molecule has 1 unspecified atom stereocenters. The van der Waals surface area contributed by atoms with Gasteiger partial charge < -0.3 is 14.6 Å². The van der Waals surface area contributed by atoms with Crippen molar-refractivity contribution >= 4 is 0 Å². The van der Waals surface area contributed by atoms with Crippen LogP contribution in [0.3, 0.4) is 0 Å². The van der Waals surface area contributed by atoms with Gasteiger partial charge in [-0.05, 0) is 19.4 Å². The van der Waals surface area contributed by atoms with E-state index in [1.165, 1.54) is 5.56 Å². The fourth-order valence-electron chi connectivity index (χ4n) is 2.84. The lowest BCUT2D eigenvalue weighted by atomic mass is 10.2. The zero-order valence-electron chi connectivity index (χ0n) is 15.1. The molecule has 0 amide bonds. The molecule has 0 radical (unpaired) electrons. The lowest BCUT2D eigenvalue weighted by Crippen LogP contribution is -2.43. The van der Waals surface area contributed by atoms with Gasteiger partial charge >= 0.3 is 0 Å². The van der Waals surface area contributed by atoms with Crippen LogP contribution in [0.4, 0.5) is 0 Å². The van der Waals surface area contributed by atoms with Crippen LogP contribution in [0, 0.1) is 0 Å². The largest absolute Gasteiger partial charge is 0.389 e. The summed E-state index contributed by atoms with van der Waals surface area (Å²) < 4.78 is 11.0. The molecule has 1 fully saturated rings. The van der Waals surface area contributed by atoms with E-state index in [-0.39, 0.29) is 6.10 Å². The van der Waals surface area contributed by atoms with Crippen molar-refractivity contribution in [2.75, 3.05) is 52.5 Å². The number of hydrogen-bond donors (Lipinski definition) is 1. The molecular formula is C19H32N2O3. The SMILES string of the molecule is CC(C)OCC(O)CN(CCN1CCOCC1)Cc1ccccc1. The summed E-state index contributed by atoms with van der Waals surface area (Å²) in [6.07, 6.45) is -0.309. The first-order chi connectivity index (χ1) is 11.6. The summed E-state index contributed by atoms with van der Waals surface area (Å²) in [5.74, 6) is 0. The van der Waals surface area contributed by atoms with E-state index in [0.717, 1.165) is 45.9 Å². The van der Waals surface area contributed by atoms with E-state index in [2.05, 4.69) is 34.1 Å². The van der Waals surface area contributed by atoms with Gasteiger partial charge in [0.2, 0.25) is 0 Å². The van der Waals surface area contributed by atoms with Crippen LogP contribution in [0.5, 0.6) is 0 Å². The number of aliphatic hydroxyl groups is 1. The highest BCUT2D eigenvalue weighted by atomic mass is 16.5. The van der Waals surface area contributed by atoms with Crippen molar-refractivity contribution in [2.24, 2.45) is 0 Å². The van der Waals surface area contributed by atoms with Gasteiger partial charge in [-0.3, -0.25) is 9.80 Å². The summed E-state index contributed by atoms with van der Waals surface area (Å²) in [4.78, 5) is 4.75. The van der Waals surface area contributed by atoms with Crippen LogP contribution in [-0.4, -0.2) is 79.7 Å². The van der Waals surface area contributed by atoms with Gasteiger partial charge in [-0.15, -0.1) is 0 Å². The molecule has 0 spiro atoms. The molecule has 0 bridgehead atoms. The summed E-state index contributed by atoms with van der Waals surface area (Å²) in [5, 5.41) is 10.3. The molecule has 5 nitrogen and oxygen atoms in total. The molecule has 136 valence electrons. The van der Waals surface area contributed by atoms with Crippen molar-refractivity contribution < 1.29 is 14.6 Å². The lowest BCUT2D eigenvalue weighted by Gasteiger charge is -2.31. The van der Waals surface area contributed by atoms with E-state index in [1.54, 1.807) is 0 Å². The van der Waals surface area contributed by atoms with Crippen molar-refractivity contribution in [1.82, 2.24) is 9.80 Å². The number of rotatable bonds is 10. The van der Waals surface area contributed by atoms with Crippen LogP contribution in [0.1, 0.15) is 19.4 Å². The maximum atomic E-state index is 10.3. The van der Waals surface area contributed by atoms with Gasteiger partial charge in [0.15, 0.2) is 0 Å². The van der Waals surface area contributed by atoms with Gasteiger partial charge in [0.1, 0.15) is 0 Å². The Kier molecular flexibility index (Phi) is 8.70. The van der Waals surface area contributed by atoms with Gasteiger partial charge in [-0.2, -0.15) is 0 Å². The third-order valence-electron chi connectivity index (χ3n) is 4.18. The summed E-state index contributed by atoms with van der Waals surface area (Å²) >= 11 is 0. The first kappa shape index (κ1) is 19.3. The van der Waals surface area contributed by atoms with Gasteiger partial charge in [-0.1, -0.05) is 30.3 Å². The zero-order chi connectivity index (χ0) is 17.2. The molecule has 1 N–H and O–H groups in total. The third kappa shape index (κ3) is 7.73. The predicted molar refractivity (Wildman–Crippen MR) is 96.1 cm³/mol. The molecule has 24 heavy (non-hydrogen) atoms. The molecule has 1 aliphatic rings. The number of morpholine rings is 1. The molecule has 5 heteroatoms. The van der Waals surface area contributed by atoms with Crippen molar-refractivity contribution in [2.45, 2.75) is 32.6 Å². The first-order valence-electron chi connectivity index (χ1n) is 8.99. The molecule has 0 saturated carbocycles. The molecule has 1 aliphatic heterocycles. The van der Waals surface area contributed by atoms with Gasteiger partial charge in [-0.25, -0.2) is 0 Å². The Hall–Kier alpha value is -0.980. The topological polar surface area (TPSA) is 45.2 Å². The summed E-state index contributed by atoms with van der Waals surface area (Å²) in [7, 11) is 0. The molecule has 0 aliphatic carbocycles. The number of ether oxygens (including phenoxy) is 2. The maximum Gasteiger partial charge on any atom is 0.0900 e. The van der Waals surface area contributed by atoms with E-state index in [0.29, 0.717) is 13.2 Å². The number of nitrogens with zero attached hydrogens (tertiary/aromatic N) is 2. The Labute approximate surface area is 146 Å². The molecule has 1 atom stereocenters. The highest BCUT2D eigenvalue weighted by molar-refractivity contribution is 5.14. The van der Waals surface area contributed by atoms with E-state index < -0.39 is 6.10 Å². The van der Waals surface area contributed by atoms with E-state index in [1.807, 2.05) is 19.9 Å². The second-order valence-electron chi connectivity index (χ2n) is 6.71. The van der Waals surface area contributed by atoms with E-state index in [9.17, 15) is 5.11 Å². The van der Waals surface area contributed by atoms with E-state index in [4.69, 9.17) is 9.47 Å². The minimum absolute atomic E-state index is 0.149. The van der Waals surface area contributed by atoms with Crippen LogP contribution >= 0.6 is 0 Å². The second kappa shape index (κ2) is 10.8. The monoisotopic (exact) mass is 336 g/mol. The standard InChI is InChI=1S/C19H32N2O3/c1-17(2)24-16-19(22)15-21(14-18-6-4-3-5-7-18)9-8-20-10-12-23-13-11-20/h3-7,17,19,22H,8-16H2,1-2H3. The number of aliphatic hydroxyl groups excluding tert-OH is 1. The van der Waals surface area contributed by atoms with Crippen molar-refractivity contribution in [3.05, 3.63) is 35.9 Å². The lowest BCUT2D eigenvalue weighted by molar-refractivity contribution is -0.0129. The Balaban J connectivity index is 1.84. The van der Waals surface area contributed by atoms with Gasteiger partial charge in [0.25, 0.3) is 0 Å².